The zero-order chi connectivity index (χ0) is 11.5. The lowest BCUT2D eigenvalue weighted by Crippen LogP contribution is -2.03. The Hall–Kier alpha value is -1.01. The summed E-state index contributed by atoms with van der Waals surface area (Å²) in [7, 11) is 0. The molecular weight excluding hydrogens is 313 g/mol. The van der Waals surface area contributed by atoms with Gasteiger partial charge in [-0.3, -0.25) is 0 Å². The van der Waals surface area contributed by atoms with Gasteiger partial charge in [0, 0.05) is 15.7 Å². The Morgan fingerprint density at radius 1 is 1.25 bits per heavy atom. The summed E-state index contributed by atoms with van der Waals surface area (Å²) in [5.74, 6) is 0.761. The van der Waals surface area contributed by atoms with Gasteiger partial charge in [0.15, 0.2) is 0 Å². The molecule has 1 aromatic heterocycles. The maximum Gasteiger partial charge on any atom is 0.126 e. The summed E-state index contributed by atoms with van der Waals surface area (Å²) in [5.41, 5.74) is 8.52. The van der Waals surface area contributed by atoms with E-state index in [1.807, 2.05) is 25.1 Å². The van der Waals surface area contributed by atoms with Crippen molar-refractivity contribution in [2.24, 2.45) is 5.73 Å². The minimum atomic E-state index is 0.445. The highest BCUT2D eigenvalue weighted by Crippen LogP contribution is 2.20. The standard InChI is InChI=1S/C12H12IN3/c1-8-15-11(7-14)6-12(16-8)9-3-2-4-10(13)5-9/h2-6H,7,14H2,1H3. The van der Waals surface area contributed by atoms with Crippen LogP contribution in [0.4, 0.5) is 0 Å². The Bertz CT molecular complexity index is 511. The van der Waals surface area contributed by atoms with Crippen LogP contribution < -0.4 is 5.73 Å². The maximum absolute atomic E-state index is 5.60. The van der Waals surface area contributed by atoms with Crippen LogP contribution in [-0.4, -0.2) is 9.97 Å². The van der Waals surface area contributed by atoms with Crippen LogP contribution in [0.5, 0.6) is 0 Å². The summed E-state index contributed by atoms with van der Waals surface area (Å²) >= 11 is 2.29. The normalized spacial score (nSPS) is 10.4. The van der Waals surface area contributed by atoms with Gasteiger partial charge < -0.3 is 5.73 Å². The number of halogens is 1. The Balaban J connectivity index is 2.51. The van der Waals surface area contributed by atoms with Crippen molar-refractivity contribution in [2.45, 2.75) is 13.5 Å². The zero-order valence-corrected chi connectivity index (χ0v) is 11.1. The second-order valence-electron chi connectivity index (χ2n) is 3.51. The molecule has 0 saturated carbocycles. The lowest BCUT2D eigenvalue weighted by molar-refractivity contribution is 0.929. The molecule has 82 valence electrons. The third-order valence-electron chi connectivity index (χ3n) is 2.22. The van der Waals surface area contributed by atoms with E-state index < -0.39 is 0 Å². The highest BCUT2D eigenvalue weighted by molar-refractivity contribution is 14.1. The van der Waals surface area contributed by atoms with Crippen molar-refractivity contribution in [1.82, 2.24) is 9.97 Å². The molecule has 0 fully saturated rings. The number of hydrogen-bond acceptors (Lipinski definition) is 3. The van der Waals surface area contributed by atoms with Gasteiger partial charge in [-0.05, 0) is 47.7 Å². The molecule has 1 heterocycles. The van der Waals surface area contributed by atoms with E-state index in [9.17, 15) is 0 Å². The van der Waals surface area contributed by atoms with E-state index in [2.05, 4.69) is 44.7 Å². The van der Waals surface area contributed by atoms with E-state index in [1.165, 1.54) is 3.57 Å². The van der Waals surface area contributed by atoms with Crippen LogP contribution in [0.15, 0.2) is 30.3 Å². The van der Waals surface area contributed by atoms with Crippen molar-refractivity contribution >= 4 is 22.6 Å². The van der Waals surface area contributed by atoms with Gasteiger partial charge in [0.1, 0.15) is 5.82 Å². The average Bonchev–Trinajstić information content (AvgIpc) is 2.28. The molecule has 0 unspecified atom stereocenters. The Kier molecular flexibility index (Phi) is 3.50. The summed E-state index contributed by atoms with van der Waals surface area (Å²) in [4.78, 5) is 8.69. The molecule has 0 radical (unpaired) electrons. The molecule has 0 spiro atoms. The SMILES string of the molecule is Cc1nc(CN)cc(-c2cccc(I)c2)n1. The van der Waals surface area contributed by atoms with E-state index >= 15 is 0 Å². The number of aryl methyl sites for hydroxylation is 1. The first-order valence-corrected chi connectivity index (χ1v) is 6.07. The minimum Gasteiger partial charge on any atom is -0.325 e. The summed E-state index contributed by atoms with van der Waals surface area (Å²) in [6.07, 6.45) is 0. The molecule has 0 amide bonds. The molecule has 0 bridgehead atoms. The Morgan fingerprint density at radius 3 is 2.75 bits per heavy atom. The predicted molar refractivity (Wildman–Crippen MR) is 72.8 cm³/mol. The van der Waals surface area contributed by atoms with Gasteiger partial charge in [-0.2, -0.15) is 0 Å². The summed E-state index contributed by atoms with van der Waals surface area (Å²) < 4.78 is 1.20. The van der Waals surface area contributed by atoms with Gasteiger partial charge in [0.25, 0.3) is 0 Å². The number of aromatic nitrogens is 2. The Morgan fingerprint density at radius 2 is 2.06 bits per heavy atom. The summed E-state index contributed by atoms with van der Waals surface area (Å²) in [6, 6.07) is 10.2. The molecular formula is C12H12IN3. The van der Waals surface area contributed by atoms with Crippen molar-refractivity contribution in [3.05, 3.63) is 45.4 Å². The maximum atomic E-state index is 5.60. The first-order chi connectivity index (χ1) is 7.69. The highest BCUT2D eigenvalue weighted by Gasteiger charge is 2.03. The first-order valence-electron chi connectivity index (χ1n) is 4.99. The lowest BCUT2D eigenvalue weighted by Gasteiger charge is -2.05. The van der Waals surface area contributed by atoms with Crippen LogP contribution in [-0.2, 0) is 6.54 Å². The molecule has 1 aromatic carbocycles. The fraction of sp³-hybridized carbons (Fsp3) is 0.167. The van der Waals surface area contributed by atoms with E-state index in [0.717, 1.165) is 22.8 Å². The van der Waals surface area contributed by atoms with E-state index in [-0.39, 0.29) is 0 Å². The quantitative estimate of drug-likeness (QED) is 0.863. The van der Waals surface area contributed by atoms with Gasteiger partial charge in [-0.15, -0.1) is 0 Å². The molecule has 0 atom stereocenters. The molecule has 0 saturated heterocycles. The number of hydrogen-bond donors (Lipinski definition) is 1. The van der Waals surface area contributed by atoms with Crippen molar-refractivity contribution in [3.63, 3.8) is 0 Å². The van der Waals surface area contributed by atoms with Crippen molar-refractivity contribution in [3.8, 4) is 11.3 Å². The number of rotatable bonds is 2. The molecule has 0 aliphatic rings. The summed E-state index contributed by atoms with van der Waals surface area (Å²) in [5, 5.41) is 0. The largest absolute Gasteiger partial charge is 0.325 e. The second-order valence-corrected chi connectivity index (χ2v) is 4.75. The lowest BCUT2D eigenvalue weighted by atomic mass is 10.1. The van der Waals surface area contributed by atoms with Crippen LogP contribution in [0, 0.1) is 10.5 Å². The molecule has 16 heavy (non-hydrogen) atoms. The molecule has 4 heteroatoms. The van der Waals surface area contributed by atoms with E-state index in [4.69, 9.17) is 5.73 Å². The second kappa shape index (κ2) is 4.88. The zero-order valence-electron chi connectivity index (χ0n) is 8.94. The van der Waals surface area contributed by atoms with Crippen LogP contribution in [0.25, 0.3) is 11.3 Å². The van der Waals surface area contributed by atoms with Crippen LogP contribution in [0.2, 0.25) is 0 Å². The molecule has 0 aliphatic heterocycles. The van der Waals surface area contributed by atoms with Crippen LogP contribution in [0.1, 0.15) is 11.5 Å². The highest BCUT2D eigenvalue weighted by atomic mass is 127. The third-order valence-corrected chi connectivity index (χ3v) is 2.89. The van der Waals surface area contributed by atoms with Gasteiger partial charge >= 0.3 is 0 Å². The molecule has 0 aliphatic carbocycles. The molecule has 2 rings (SSSR count). The van der Waals surface area contributed by atoms with Crippen molar-refractivity contribution < 1.29 is 0 Å². The average molecular weight is 325 g/mol. The number of nitrogens with zero attached hydrogens (tertiary/aromatic N) is 2. The number of nitrogens with two attached hydrogens (primary N) is 1. The van der Waals surface area contributed by atoms with Crippen molar-refractivity contribution in [2.75, 3.05) is 0 Å². The van der Waals surface area contributed by atoms with Gasteiger partial charge in [0.05, 0.1) is 11.4 Å². The molecule has 2 N–H and O–H groups in total. The first kappa shape index (κ1) is 11.5. The fourth-order valence-electron chi connectivity index (χ4n) is 1.53. The van der Waals surface area contributed by atoms with Gasteiger partial charge in [-0.25, -0.2) is 9.97 Å². The van der Waals surface area contributed by atoms with E-state index in [1.54, 1.807) is 0 Å². The van der Waals surface area contributed by atoms with Crippen LogP contribution in [0.3, 0.4) is 0 Å². The van der Waals surface area contributed by atoms with Crippen LogP contribution >= 0.6 is 22.6 Å². The van der Waals surface area contributed by atoms with Gasteiger partial charge in [0.2, 0.25) is 0 Å². The monoisotopic (exact) mass is 325 g/mol. The van der Waals surface area contributed by atoms with Crippen molar-refractivity contribution in [1.29, 1.82) is 0 Å². The van der Waals surface area contributed by atoms with Gasteiger partial charge in [-0.1, -0.05) is 12.1 Å². The predicted octanol–water partition coefficient (Wildman–Crippen LogP) is 2.52. The summed E-state index contributed by atoms with van der Waals surface area (Å²) in [6.45, 7) is 2.33. The Labute approximate surface area is 108 Å². The molecule has 2 aromatic rings. The van der Waals surface area contributed by atoms with E-state index in [0.29, 0.717) is 6.54 Å². The minimum absolute atomic E-state index is 0.445. The topological polar surface area (TPSA) is 51.8 Å². The molecule has 3 nitrogen and oxygen atoms in total. The smallest absolute Gasteiger partial charge is 0.126 e. The number of benzene rings is 1. The third kappa shape index (κ3) is 2.56. The fourth-order valence-corrected chi connectivity index (χ4v) is 2.07.